The topological polar surface area (TPSA) is 42.7 Å². The molecule has 0 saturated heterocycles. The molecule has 0 amide bonds. The summed E-state index contributed by atoms with van der Waals surface area (Å²) in [6.07, 6.45) is 7.94. The van der Waals surface area contributed by atoms with Gasteiger partial charge in [0.1, 0.15) is 0 Å². The Morgan fingerprint density at radius 2 is 1.59 bits per heavy atom. The first-order valence-corrected chi connectivity index (χ1v) is 10.1. The minimum atomic E-state index is 0.417. The van der Waals surface area contributed by atoms with E-state index >= 15 is 0 Å². The van der Waals surface area contributed by atoms with Crippen molar-refractivity contribution < 1.29 is 0 Å². The van der Waals surface area contributed by atoms with Crippen LogP contribution in [-0.2, 0) is 13.0 Å². The molecule has 4 heteroatoms. The van der Waals surface area contributed by atoms with Gasteiger partial charge in [-0.15, -0.1) is 0 Å². The third-order valence-corrected chi connectivity index (χ3v) is 5.11. The van der Waals surface area contributed by atoms with Crippen LogP contribution in [0.2, 0.25) is 0 Å². The highest BCUT2D eigenvalue weighted by Gasteiger charge is 2.13. The number of hydrogen-bond acceptors (Lipinski definition) is 3. The molecule has 0 saturated carbocycles. The van der Waals surface area contributed by atoms with Crippen LogP contribution in [0.4, 0.5) is 0 Å². The normalized spacial score (nSPS) is 12.0. The first kappa shape index (κ1) is 19.1. The number of nitrogens with zero attached hydrogens (tertiary/aromatic N) is 3. The number of benzene rings is 2. The van der Waals surface area contributed by atoms with Crippen molar-refractivity contribution in [3.05, 3.63) is 103 Å². The maximum absolute atomic E-state index is 4.87. The first-order valence-electron chi connectivity index (χ1n) is 10.1. The van der Waals surface area contributed by atoms with Gasteiger partial charge in [0.2, 0.25) is 0 Å². The molecule has 2 aromatic heterocycles. The number of rotatable bonds is 8. The summed E-state index contributed by atoms with van der Waals surface area (Å²) in [4.78, 5) is 4.14. The van der Waals surface area contributed by atoms with Crippen LogP contribution >= 0.6 is 0 Å². The van der Waals surface area contributed by atoms with Crippen molar-refractivity contribution in [2.24, 2.45) is 0 Å². The Kier molecular flexibility index (Phi) is 6.13. The number of aromatic nitrogens is 3. The van der Waals surface area contributed by atoms with Crippen LogP contribution in [-0.4, -0.2) is 20.8 Å². The van der Waals surface area contributed by atoms with Crippen LogP contribution in [0.15, 0.2) is 91.4 Å². The van der Waals surface area contributed by atoms with Crippen molar-refractivity contribution in [1.82, 2.24) is 20.1 Å². The monoisotopic (exact) mass is 382 g/mol. The molecule has 0 bridgehead atoms. The van der Waals surface area contributed by atoms with Crippen molar-refractivity contribution in [3.63, 3.8) is 0 Å². The lowest BCUT2D eigenvalue weighted by Crippen LogP contribution is -2.26. The van der Waals surface area contributed by atoms with E-state index in [0.717, 1.165) is 36.3 Å². The molecule has 29 heavy (non-hydrogen) atoms. The summed E-state index contributed by atoms with van der Waals surface area (Å²) < 4.78 is 1.96. The predicted molar refractivity (Wildman–Crippen MR) is 118 cm³/mol. The Balaban J connectivity index is 1.49. The van der Waals surface area contributed by atoms with Crippen molar-refractivity contribution in [2.45, 2.75) is 32.4 Å². The van der Waals surface area contributed by atoms with Gasteiger partial charge < -0.3 is 5.32 Å². The number of pyridine rings is 1. The van der Waals surface area contributed by atoms with E-state index in [4.69, 9.17) is 5.10 Å². The van der Waals surface area contributed by atoms with Gasteiger partial charge in [-0.25, -0.2) is 4.68 Å². The standard InChI is InChI=1S/C25H26N4/c1-20(12-13-21-8-4-2-5-9-21)27-18-23-19-29(24-10-6-3-7-11-24)28-25(23)22-14-16-26-17-15-22/h2-11,14-17,19-20,27H,12-13,18H2,1H3/t20-/m0/s1. The third-order valence-electron chi connectivity index (χ3n) is 5.11. The first-order chi connectivity index (χ1) is 14.3. The predicted octanol–water partition coefficient (Wildman–Crippen LogP) is 5.05. The molecule has 2 heterocycles. The summed E-state index contributed by atoms with van der Waals surface area (Å²) in [5.41, 5.74) is 5.72. The summed E-state index contributed by atoms with van der Waals surface area (Å²) in [6.45, 7) is 3.02. The average molecular weight is 383 g/mol. The van der Waals surface area contributed by atoms with E-state index in [9.17, 15) is 0 Å². The highest BCUT2D eigenvalue weighted by molar-refractivity contribution is 5.62. The van der Waals surface area contributed by atoms with E-state index in [0.29, 0.717) is 6.04 Å². The SMILES string of the molecule is C[C@@H](CCc1ccccc1)NCc1cn(-c2ccccc2)nc1-c1ccncc1. The van der Waals surface area contributed by atoms with E-state index in [2.05, 4.69) is 65.9 Å². The number of aryl methyl sites for hydroxylation is 1. The fourth-order valence-electron chi connectivity index (χ4n) is 3.42. The molecular formula is C25H26N4. The molecular weight excluding hydrogens is 356 g/mol. The van der Waals surface area contributed by atoms with E-state index in [1.54, 1.807) is 0 Å². The summed E-state index contributed by atoms with van der Waals surface area (Å²) in [5.74, 6) is 0. The minimum absolute atomic E-state index is 0.417. The lowest BCUT2D eigenvalue weighted by molar-refractivity contribution is 0.514. The van der Waals surface area contributed by atoms with Gasteiger partial charge in [-0.3, -0.25) is 4.98 Å². The summed E-state index contributed by atoms with van der Waals surface area (Å²) in [6, 6.07) is 25.3. The van der Waals surface area contributed by atoms with Crippen molar-refractivity contribution in [1.29, 1.82) is 0 Å². The molecule has 4 nitrogen and oxygen atoms in total. The molecule has 0 spiro atoms. The maximum atomic E-state index is 4.87. The molecule has 0 unspecified atom stereocenters. The Hall–Kier alpha value is -3.24. The molecule has 1 atom stereocenters. The lowest BCUT2D eigenvalue weighted by atomic mass is 10.1. The van der Waals surface area contributed by atoms with Crippen LogP contribution in [0.5, 0.6) is 0 Å². The molecule has 0 fully saturated rings. The highest BCUT2D eigenvalue weighted by Crippen LogP contribution is 2.23. The molecule has 2 aromatic carbocycles. The molecule has 0 radical (unpaired) electrons. The zero-order valence-corrected chi connectivity index (χ0v) is 16.7. The van der Waals surface area contributed by atoms with E-state index in [-0.39, 0.29) is 0 Å². The van der Waals surface area contributed by atoms with Gasteiger partial charge in [0, 0.05) is 42.3 Å². The largest absolute Gasteiger partial charge is 0.310 e. The molecule has 0 aliphatic carbocycles. The molecule has 4 rings (SSSR count). The Morgan fingerprint density at radius 1 is 0.897 bits per heavy atom. The maximum Gasteiger partial charge on any atom is 0.0973 e. The summed E-state index contributed by atoms with van der Waals surface area (Å²) in [7, 11) is 0. The number of nitrogens with one attached hydrogen (secondary N) is 1. The Bertz CT molecular complexity index is 1010. The fourth-order valence-corrected chi connectivity index (χ4v) is 3.42. The van der Waals surface area contributed by atoms with Crippen LogP contribution in [0.3, 0.4) is 0 Å². The van der Waals surface area contributed by atoms with E-state index < -0.39 is 0 Å². The van der Waals surface area contributed by atoms with Crippen LogP contribution in [0, 0.1) is 0 Å². The van der Waals surface area contributed by atoms with Gasteiger partial charge in [0.25, 0.3) is 0 Å². The van der Waals surface area contributed by atoms with Gasteiger partial charge in [-0.1, -0.05) is 48.5 Å². The lowest BCUT2D eigenvalue weighted by Gasteiger charge is -2.14. The molecule has 146 valence electrons. The highest BCUT2D eigenvalue weighted by atomic mass is 15.3. The van der Waals surface area contributed by atoms with Gasteiger partial charge in [0.05, 0.1) is 11.4 Å². The third kappa shape index (κ3) is 4.98. The van der Waals surface area contributed by atoms with Crippen molar-refractivity contribution >= 4 is 0 Å². The Morgan fingerprint density at radius 3 is 2.31 bits per heavy atom. The Labute approximate surface area is 172 Å². The summed E-state index contributed by atoms with van der Waals surface area (Å²) in [5, 5.41) is 8.55. The second-order valence-corrected chi connectivity index (χ2v) is 7.33. The van der Waals surface area contributed by atoms with Crippen LogP contribution in [0.25, 0.3) is 16.9 Å². The van der Waals surface area contributed by atoms with Crippen molar-refractivity contribution in [3.8, 4) is 16.9 Å². The van der Waals surface area contributed by atoms with Gasteiger partial charge in [-0.05, 0) is 49.6 Å². The second-order valence-electron chi connectivity index (χ2n) is 7.33. The summed E-state index contributed by atoms with van der Waals surface area (Å²) >= 11 is 0. The zero-order chi connectivity index (χ0) is 19.9. The van der Waals surface area contributed by atoms with E-state index in [1.165, 1.54) is 11.1 Å². The average Bonchev–Trinajstić information content (AvgIpc) is 3.22. The number of para-hydroxylation sites is 1. The van der Waals surface area contributed by atoms with Gasteiger partial charge >= 0.3 is 0 Å². The second kappa shape index (κ2) is 9.30. The molecule has 1 N–H and O–H groups in total. The van der Waals surface area contributed by atoms with Gasteiger partial charge in [0.15, 0.2) is 0 Å². The quantitative estimate of drug-likeness (QED) is 0.464. The molecule has 4 aromatic rings. The van der Waals surface area contributed by atoms with Crippen LogP contribution in [0.1, 0.15) is 24.5 Å². The zero-order valence-electron chi connectivity index (χ0n) is 16.7. The van der Waals surface area contributed by atoms with E-state index in [1.807, 2.05) is 47.4 Å². The number of hydrogen-bond donors (Lipinski definition) is 1. The smallest absolute Gasteiger partial charge is 0.0973 e. The minimum Gasteiger partial charge on any atom is -0.310 e. The fraction of sp³-hybridized carbons (Fsp3) is 0.200. The van der Waals surface area contributed by atoms with Crippen molar-refractivity contribution in [2.75, 3.05) is 0 Å². The molecule has 0 aliphatic heterocycles. The molecule has 0 aliphatic rings. The van der Waals surface area contributed by atoms with Gasteiger partial charge in [-0.2, -0.15) is 5.10 Å². The van der Waals surface area contributed by atoms with Crippen LogP contribution < -0.4 is 5.32 Å².